The minimum absolute atomic E-state index is 0.0361. The molecular weight excluding hydrogens is 374 g/mol. The minimum Gasteiger partial charge on any atom is -0.444 e. The van der Waals surface area contributed by atoms with E-state index in [4.69, 9.17) is 4.74 Å². The van der Waals surface area contributed by atoms with Crippen molar-refractivity contribution in [3.8, 4) is 0 Å². The molecule has 1 saturated heterocycles. The number of amides is 2. The largest absolute Gasteiger partial charge is 0.444 e. The van der Waals surface area contributed by atoms with Gasteiger partial charge in [0.05, 0.1) is 4.88 Å². The predicted octanol–water partition coefficient (Wildman–Crippen LogP) is 4.35. The van der Waals surface area contributed by atoms with Crippen molar-refractivity contribution < 1.29 is 14.3 Å². The molecule has 0 unspecified atom stereocenters. The van der Waals surface area contributed by atoms with Gasteiger partial charge in [-0.05, 0) is 71.6 Å². The van der Waals surface area contributed by atoms with Crippen molar-refractivity contribution in [3.05, 3.63) is 27.8 Å². The fourth-order valence-electron chi connectivity index (χ4n) is 3.67. The number of alkyl carbamates (subject to hydrolysis) is 1. The van der Waals surface area contributed by atoms with E-state index in [1.165, 1.54) is 11.3 Å². The van der Waals surface area contributed by atoms with E-state index in [-0.39, 0.29) is 11.9 Å². The molecule has 0 radical (unpaired) electrons. The van der Waals surface area contributed by atoms with Gasteiger partial charge in [0.2, 0.25) is 0 Å². The first-order valence-electron chi connectivity index (χ1n) is 9.71. The summed E-state index contributed by atoms with van der Waals surface area (Å²) in [5.41, 5.74) is 2.64. The summed E-state index contributed by atoms with van der Waals surface area (Å²) in [6.07, 6.45) is 1.06. The fraction of sp³-hybridized carbons (Fsp3) is 0.571. The van der Waals surface area contributed by atoms with Crippen LogP contribution in [0, 0.1) is 20.8 Å². The molecule has 3 rings (SSSR count). The van der Waals surface area contributed by atoms with Gasteiger partial charge in [0, 0.05) is 30.2 Å². The number of hydrogen-bond acceptors (Lipinski definition) is 5. The molecule has 6 nitrogen and oxygen atoms in total. The van der Waals surface area contributed by atoms with Crippen LogP contribution >= 0.6 is 11.3 Å². The van der Waals surface area contributed by atoms with Gasteiger partial charge in [-0.3, -0.25) is 4.79 Å². The Balaban J connectivity index is 1.66. The highest BCUT2D eigenvalue weighted by atomic mass is 32.1. The summed E-state index contributed by atoms with van der Waals surface area (Å²) in [4.78, 5) is 33.2. The van der Waals surface area contributed by atoms with E-state index < -0.39 is 11.7 Å². The molecule has 2 aromatic rings. The van der Waals surface area contributed by atoms with Crippen molar-refractivity contribution >= 4 is 33.6 Å². The maximum absolute atomic E-state index is 13.1. The molecule has 0 aliphatic carbocycles. The molecule has 152 valence electrons. The number of pyridine rings is 1. The van der Waals surface area contributed by atoms with Crippen molar-refractivity contribution in [1.29, 1.82) is 0 Å². The van der Waals surface area contributed by atoms with Crippen molar-refractivity contribution in [2.45, 2.75) is 66.0 Å². The monoisotopic (exact) mass is 403 g/mol. The minimum atomic E-state index is -0.510. The van der Waals surface area contributed by atoms with E-state index in [1.54, 1.807) is 0 Å². The number of aryl methyl sites for hydroxylation is 3. The first-order valence-corrected chi connectivity index (χ1v) is 10.5. The normalized spacial score (nSPS) is 15.7. The summed E-state index contributed by atoms with van der Waals surface area (Å²) in [6.45, 7) is 12.8. The average Bonchev–Trinajstić information content (AvgIpc) is 2.89. The number of nitrogens with one attached hydrogen (secondary N) is 1. The fourth-order valence-corrected chi connectivity index (χ4v) is 4.94. The molecule has 2 aromatic heterocycles. The van der Waals surface area contributed by atoms with Gasteiger partial charge in [-0.1, -0.05) is 0 Å². The van der Waals surface area contributed by atoms with E-state index >= 15 is 0 Å². The number of piperidine rings is 1. The number of carbonyl (C=O) groups excluding carboxylic acids is 2. The van der Waals surface area contributed by atoms with Crippen LogP contribution < -0.4 is 5.32 Å². The number of aromatic nitrogens is 1. The van der Waals surface area contributed by atoms with Crippen LogP contribution in [0.25, 0.3) is 10.2 Å². The lowest BCUT2D eigenvalue weighted by Gasteiger charge is -2.32. The highest BCUT2D eigenvalue weighted by Gasteiger charge is 2.28. The third-order valence-corrected chi connectivity index (χ3v) is 6.10. The highest BCUT2D eigenvalue weighted by molar-refractivity contribution is 7.20. The van der Waals surface area contributed by atoms with Crippen LogP contribution in [0.3, 0.4) is 0 Å². The summed E-state index contributed by atoms with van der Waals surface area (Å²) in [5.74, 6) is 0.0632. The number of nitrogens with zero attached hydrogens (tertiary/aromatic N) is 2. The highest BCUT2D eigenvalue weighted by Crippen LogP contribution is 2.33. The molecule has 0 spiro atoms. The zero-order valence-electron chi connectivity index (χ0n) is 17.5. The van der Waals surface area contributed by atoms with Gasteiger partial charge in [-0.2, -0.15) is 0 Å². The molecule has 2 amide bonds. The van der Waals surface area contributed by atoms with Crippen molar-refractivity contribution in [3.63, 3.8) is 0 Å². The third-order valence-electron chi connectivity index (χ3n) is 4.92. The Kier molecular flexibility index (Phi) is 5.66. The number of thiophene rings is 1. The Bertz CT molecular complexity index is 906. The second kappa shape index (κ2) is 7.70. The predicted molar refractivity (Wildman–Crippen MR) is 112 cm³/mol. The van der Waals surface area contributed by atoms with Crippen LogP contribution in [0.4, 0.5) is 4.79 Å². The number of fused-ring (bicyclic) bond motifs is 1. The molecule has 0 aromatic carbocycles. The SMILES string of the molecule is Cc1cc(C)c2c(C)c(C(=O)N3CCC(NC(=O)OC(C)(C)C)CC3)sc2n1. The maximum Gasteiger partial charge on any atom is 0.407 e. The molecule has 0 atom stereocenters. The average molecular weight is 404 g/mol. The van der Waals surface area contributed by atoms with Crippen LogP contribution in [0.15, 0.2) is 6.07 Å². The Morgan fingerprint density at radius 2 is 1.86 bits per heavy atom. The van der Waals surface area contributed by atoms with E-state index in [0.717, 1.165) is 44.8 Å². The molecule has 1 fully saturated rings. The summed E-state index contributed by atoms with van der Waals surface area (Å²) in [5, 5.41) is 4.01. The van der Waals surface area contributed by atoms with Gasteiger partial charge in [-0.25, -0.2) is 9.78 Å². The quantitative estimate of drug-likeness (QED) is 0.809. The molecule has 28 heavy (non-hydrogen) atoms. The van der Waals surface area contributed by atoms with Crippen molar-refractivity contribution in [2.24, 2.45) is 0 Å². The molecule has 1 aliphatic heterocycles. The summed E-state index contributed by atoms with van der Waals surface area (Å²) in [6, 6.07) is 2.10. The number of ether oxygens (including phenoxy) is 1. The first-order chi connectivity index (χ1) is 13.0. The van der Waals surface area contributed by atoms with Gasteiger partial charge in [-0.15, -0.1) is 11.3 Å². The summed E-state index contributed by atoms with van der Waals surface area (Å²) >= 11 is 1.48. The van der Waals surface area contributed by atoms with Gasteiger partial charge in [0.25, 0.3) is 5.91 Å². The van der Waals surface area contributed by atoms with Gasteiger partial charge in [0.1, 0.15) is 10.4 Å². The van der Waals surface area contributed by atoms with Gasteiger partial charge >= 0.3 is 6.09 Å². The van der Waals surface area contributed by atoms with Crippen LogP contribution in [-0.4, -0.2) is 46.6 Å². The van der Waals surface area contributed by atoms with Crippen molar-refractivity contribution in [1.82, 2.24) is 15.2 Å². The Hall–Kier alpha value is -2.15. The maximum atomic E-state index is 13.1. The number of carbonyl (C=O) groups is 2. The molecule has 0 saturated carbocycles. The Labute approximate surface area is 170 Å². The van der Waals surface area contributed by atoms with Crippen LogP contribution in [0.2, 0.25) is 0 Å². The number of rotatable bonds is 2. The van der Waals surface area contributed by atoms with Gasteiger partial charge in [0.15, 0.2) is 0 Å². The van der Waals surface area contributed by atoms with Crippen LogP contribution in [0.1, 0.15) is 60.1 Å². The molecular formula is C21H29N3O3S. The van der Waals surface area contributed by atoms with Crippen LogP contribution in [-0.2, 0) is 4.74 Å². The zero-order chi connectivity index (χ0) is 20.6. The lowest BCUT2D eigenvalue weighted by atomic mass is 10.0. The van der Waals surface area contributed by atoms with E-state index in [9.17, 15) is 9.59 Å². The Morgan fingerprint density at radius 1 is 1.21 bits per heavy atom. The lowest BCUT2D eigenvalue weighted by molar-refractivity contribution is 0.0474. The molecule has 1 aliphatic rings. The smallest absolute Gasteiger partial charge is 0.407 e. The zero-order valence-corrected chi connectivity index (χ0v) is 18.3. The van der Waals surface area contributed by atoms with Gasteiger partial charge < -0.3 is 15.0 Å². The van der Waals surface area contributed by atoms with E-state index in [0.29, 0.717) is 13.1 Å². The molecule has 7 heteroatoms. The summed E-state index contributed by atoms with van der Waals surface area (Å²) < 4.78 is 5.32. The lowest BCUT2D eigenvalue weighted by Crippen LogP contribution is -2.47. The third kappa shape index (κ3) is 4.46. The summed E-state index contributed by atoms with van der Waals surface area (Å²) in [7, 11) is 0. The molecule has 0 bridgehead atoms. The van der Waals surface area contributed by atoms with Crippen LogP contribution in [0.5, 0.6) is 0 Å². The second-order valence-electron chi connectivity index (χ2n) is 8.53. The van der Waals surface area contributed by atoms with E-state index in [2.05, 4.69) is 23.3 Å². The Morgan fingerprint density at radius 3 is 2.46 bits per heavy atom. The molecule has 3 heterocycles. The molecule has 1 N–H and O–H groups in total. The van der Waals surface area contributed by atoms with E-state index in [1.807, 2.05) is 39.5 Å². The van der Waals surface area contributed by atoms with Crippen molar-refractivity contribution in [2.75, 3.05) is 13.1 Å². The topological polar surface area (TPSA) is 71.5 Å². The standard InChI is InChI=1S/C21H29N3O3S/c1-12-11-13(2)22-18-16(12)14(3)17(28-18)19(25)24-9-7-15(8-10-24)23-20(26)27-21(4,5)6/h11,15H,7-10H2,1-6H3,(H,23,26). The number of hydrogen-bond donors (Lipinski definition) is 1. The number of likely N-dealkylation sites (tertiary alicyclic amines) is 1. The first kappa shape index (κ1) is 20.6. The second-order valence-corrected chi connectivity index (χ2v) is 9.53.